The Hall–Kier alpha value is -3.19. The summed E-state index contributed by atoms with van der Waals surface area (Å²) in [6, 6.07) is -1.15. The Bertz CT molecular complexity index is 2010. The first-order valence-electron chi connectivity index (χ1n) is 27.5. The molecule has 2 bridgehead atoms. The van der Waals surface area contributed by atoms with Gasteiger partial charge in [0.05, 0.1) is 37.6 Å². The van der Waals surface area contributed by atoms with E-state index in [0.29, 0.717) is 64.6 Å². The van der Waals surface area contributed by atoms with Crippen LogP contribution in [0.4, 0.5) is 0 Å². The third-order valence-corrected chi connectivity index (χ3v) is 21.4. The van der Waals surface area contributed by atoms with Gasteiger partial charge in [-0.15, -0.1) is 0 Å². The van der Waals surface area contributed by atoms with Crippen LogP contribution in [-0.2, 0) is 52.1 Å². The van der Waals surface area contributed by atoms with Crippen LogP contribution < -0.4 is 0 Å². The lowest BCUT2D eigenvalue weighted by Crippen LogP contribution is -2.61. The second-order valence-electron chi connectivity index (χ2n) is 23.8. The van der Waals surface area contributed by atoms with Gasteiger partial charge in [-0.05, 0) is 125 Å². The summed E-state index contributed by atoms with van der Waals surface area (Å²) in [6.07, 6.45) is 11.0. The standard InChI is InChI=1S/C58H95NO14Si/c1-36-20-16-15-17-21-37(2)48(68-11)34-44-25-23-42(7)58(67,73-44)54(64)55(65)59-27-19-18-22-45(59)56(66)72-49(35-46(60)38(3)31-41(6)52(62)53(63)51(61)40(5)30-36)39(4)32-43-24-26-47(50(33-43)69-12)70-28-29-71-74(13,14)57(8,9)10/h15-17,20-21,31,36,38-40,42-45,47-50,52-53,62-63,67H,18-19,22-30,32-35H2,1-14H3/t36-,38-,39-,40+,42-,43+,44+,45+,47-,48+,49+,50-,52-,53+,58?/m1/s1. The predicted molar refractivity (Wildman–Crippen MR) is 287 cm³/mol. The molecule has 3 aliphatic heterocycles. The maximum Gasteiger partial charge on any atom is 0.329 e. The lowest BCUT2D eigenvalue weighted by atomic mass is 9.78. The monoisotopic (exact) mass is 1060 g/mol. The number of nitrogens with zero attached hydrogens (tertiary/aromatic N) is 1. The highest BCUT2D eigenvalue weighted by atomic mass is 28.4. The number of cyclic esters (lactones) is 1. The number of methoxy groups -OCH3 is 2. The smallest absolute Gasteiger partial charge is 0.329 e. The van der Waals surface area contributed by atoms with Gasteiger partial charge in [-0.25, -0.2) is 4.79 Å². The van der Waals surface area contributed by atoms with E-state index in [2.05, 4.69) is 33.9 Å². The molecular formula is C58H95NO14Si. The van der Waals surface area contributed by atoms with E-state index in [4.69, 9.17) is 28.1 Å². The molecule has 0 spiro atoms. The van der Waals surface area contributed by atoms with Crippen LogP contribution in [0.5, 0.6) is 0 Å². The van der Waals surface area contributed by atoms with E-state index in [1.807, 2.05) is 51.2 Å². The Kier molecular flexibility index (Phi) is 24.3. The van der Waals surface area contributed by atoms with Gasteiger partial charge >= 0.3 is 5.97 Å². The average molecular weight is 1060 g/mol. The van der Waals surface area contributed by atoms with Crippen molar-refractivity contribution in [1.82, 2.24) is 4.90 Å². The van der Waals surface area contributed by atoms with Crippen molar-refractivity contribution in [3.63, 3.8) is 0 Å². The molecule has 0 aromatic rings. The zero-order valence-corrected chi connectivity index (χ0v) is 48.4. The van der Waals surface area contributed by atoms with Crippen molar-refractivity contribution in [2.45, 2.75) is 219 Å². The average Bonchev–Trinajstić information content (AvgIpc) is 3.35. The number of allylic oxidation sites excluding steroid dienone is 6. The summed E-state index contributed by atoms with van der Waals surface area (Å²) < 4.78 is 37.1. The number of esters is 1. The number of ketones is 3. The van der Waals surface area contributed by atoms with Crippen LogP contribution >= 0.6 is 0 Å². The van der Waals surface area contributed by atoms with Gasteiger partial charge in [-0.1, -0.05) is 91.8 Å². The van der Waals surface area contributed by atoms with Crippen molar-refractivity contribution in [2.75, 3.05) is 34.0 Å². The molecule has 16 heteroatoms. The minimum atomic E-state index is -2.44. The van der Waals surface area contributed by atoms with Gasteiger partial charge in [0.25, 0.3) is 11.7 Å². The van der Waals surface area contributed by atoms with Crippen LogP contribution in [0.25, 0.3) is 0 Å². The molecular weight excluding hydrogens is 963 g/mol. The van der Waals surface area contributed by atoms with Crippen molar-refractivity contribution in [2.24, 2.45) is 35.5 Å². The lowest BCUT2D eigenvalue weighted by molar-refractivity contribution is -0.265. The maximum absolute atomic E-state index is 14.6. The molecule has 1 amide bonds. The van der Waals surface area contributed by atoms with Gasteiger partial charge in [0, 0.05) is 51.4 Å². The summed E-state index contributed by atoms with van der Waals surface area (Å²) in [4.78, 5) is 72.2. The predicted octanol–water partition coefficient (Wildman–Crippen LogP) is 8.57. The highest BCUT2D eigenvalue weighted by Crippen LogP contribution is 2.39. The molecule has 3 fully saturated rings. The molecule has 0 radical (unpaired) electrons. The minimum absolute atomic E-state index is 0.0390. The van der Waals surface area contributed by atoms with Crippen LogP contribution in [0.1, 0.15) is 146 Å². The molecule has 74 heavy (non-hydrogen) atoms. The number of fused-ring (bicyclic) bond motifs is 3. The maximum atomic E-state index is 14.6. The molecule has 1 saturated carbocycles. The quantitative estimate of drug-likeness (QED) is 0.0617. The SMILES string of the molecule is CO[C@H]1C[C@@H]2CC[C@@H](C)C(O)(O2)C(=O)C(=O)N2CCCC[C@H]2C(=O)O[C@H]([C@H](C)C[C@@H]2CC[C@@H](OCCO[Si](C)(C)C(C)(C)C)[C@H](OC)C2)CC(=O)[C@H](C)C=C(C)[C@@H](O)[C@@H](O)C(=O)[C@@H](C)C[C@H](C)C=CC=CC=C1C. The highest BCUT2D eigenvalue weighted by Gasteiger charge is 2.53. The van der Waals surface area contributed by atoms with Gasteiger partial charge in [0.15, 0.2) is 14.1 Å². The normalized spacial score (nSPS) is 35.2. The van der Waals surface area contributed by atoms with Crippen molar-refractivity contribution in [3.8, 4) is 0 Å². The van der Waals surface area contributed by atoms with Gasteiger partial charge in [-0.2, -0.15) is 0 Å². The topological polar surface area (TPSA) is 205 Å². The highest BCUT2D eigenvalue weighted by molar-refractivity contribution is 6.74. The molecule has 3 N–H and O–H groups in total. The summed E-state index contributed by atoms with van der Waals surface area (Å²) in [5.74, 6) is -8.50. The van der Waals surface area contributed by atoms with Crippen LogP contribution in [0.15, 0.2) is 47.6 Å². The number of carbonyl (C=O) groups is 5. The number of hydrogen-bond acceptors (Lipinski definition) is 14. The Balaban J connectivity index is 1.64. The number of amides is 1. The molecule has 15 atom stereocenters. The van der Waals surface area contributed by atoms with Crippen LogP contribution in [0, 0.1) is 35.5 Å². The molecule has 4 rings (SSSR count). The van der Waals surface area contributed by atoms with Crippen molar-refractivity contribution >= 4 is 37.5 Å². The molecule has 0 aromatic carbocycles. The Morgan fingerprint density at radius 2 is 1.54 bits per heavy atom. The summed E-state index contributed by atoms with van der Waals surface area (Å²) in [6.45, 7) is 24.5. The first kappa shape index (κ1) is 63.3. The van der Waals surface area contributed by atoms with E-state index in [9.17, 15) is 39.3 Å². The Morgan fingerprint density at radius 3 is 2.20 bits per heavy atom. The molecule has 2 saturated heterocycles. The third-order valence-electron chi connectivity index (χ3n) is 16.9. The van der Waals surface area contributed by atoms with Gasteiger partial charge in [-0.3, -0.25) is 19.2 Å². The van der Waals surface area contributed by atoms with Crippen LogP contribution in [0.2, 0.25) is 18.1 Å². The summed E-state index contributed by atoms with van der Waals surface area (Å²) in [7, 11) is 1.32. The zero-order chi connectivity index (χ0) is 55.3. The van der Waals surface area contributed by atoms with E-state index in [1.165, 1.54) is 11.0 Å². The molecule has 4 aliphatic rings. The number of piperidine rings is 1. The molecule has 1 unspecified atom stereocenters. The molecule has 15 nitrogen and oxygen atoms in total. The molecule has 1 aliphatic carbocycles. The molecule has 3 heterocycles. The number of ether oxygens (including phenoxy) is 5. The van der Waals surface area contributed by atoms with Gasteiger partial charge in [0.1, 0.15) is 30.1 Å². The Morgan fingerprint density at radius 1 is 0.838 bits per heavy atom. The van der Waals surface area contributed by atoms with Crippen molar-refractivity contribution in [3.05, 3.63) is 47.6 Å². The molecule has 0 aromatic heterocycles. The summed E-state index contributed by atoms with van der Waals surface area (Å²) in [5, 5.41) is 34.5. The molecule has 420 valence electrons. The number of hydrogen-bond donors (Lipinski definition) is 3. The first-order valence-corrected chi connectivity index (χ1v) is 30.5. The van der Waals surface area contributed by atoms with E-state index >= 15 is 0 Å². The fourth-order valence-corrected chi connectivity index (χ4v) is 11.8. The number of Topliss-reactive ketones (excluding diaryl/α,β-unsaturated/α-hetero) is 3. The fourth-order valence-electron chi connectivity index (χ4n) is 10.8. The number of rotatable bonds is 10. The van der Waals surface area contributed by atoms with E-state index < -0.39 is 91.9 Å². The Labute approximate surface area is 444 Å². The van der Waals surface area contributed by atoms with Gasteiger partial charge in [0.2, 0.25) is 5.79 Å². The van der Waals surface area contributed by atoms with Crippen LogP contribution in [0.3, 0.4) is 0 Å². The summed E-state index contributed by atoms with van der Waals surface area (Å²) >= 11 is 0. The van der Waals surface area contributed by atoms with Crippen molar-refractivity contribution in [1.29, 1.82) is 0 Å². The lowest BCUT2D eigenvalue weighted by Gasteiger charge is -2.42. The van der Waals surface area contributed by atoms with E-state index in [1.54, 1.807) is 41.9 Å². The minimum Gasteiger partial charge on any atom is -0.460 e. The van der Waals surface area contributed by atoms with Crippen molar-refractivity contribution < 1.29 is 67.4 Å². The van der Waals surface area contributed by atoms with Crippen LogP contribution in [-0.4, -0.2) is 146 Å². The summed E-state index contributed by atoms with van der Waals surface area (Å²) in [5.41, 5.74) is 1.12. The number of aliphatic hydroxyl groups is 3. The largest absolute Gasteiger partial charge is 0.460 e. The van der Waals surface area contributed by atoms with E-state index in [-0.39, 0.29) is 65.7 Å². The fraction of sp³-hybridized carbons (Fsp3) is 0.776. The van der Waals surface area contributed by atoms with Gasteiger partial charge < -0.3 is 48.3 Å². The van der Waals surface area contributed by atoms with E-state index in [0.717, 1.165) is 18.4 Å². The number of aliphatic hydroxyl groups excluding tert-OH is 2. The second-order valence-corrected chi connectivity index (χ2v) is 28.6. The number of carbonyl (C=O) groups excluding carboxylic acids is 5. The second kappa shape index (κ2) is 28.4. The first-order chi connectivity index (χ1) is 34.6. The zero-order valence-electron chi connectivity index (χ0n) is 47.4. The third kappa shape index (κ3) is 17.2.